The molecule has 0 atom stereocenters. The van der Waals surface area contributed by atoms with E-state index in [1.54, 1.807) is 7.11 Å². The Bertz CT molecular complexity index is 683. The lowest BCUT2D eigenvalue weighted by Gasteiger charge is -2.14. The van der Waals surface area contributed by atoms with Crippen molar-refractivity contribution in [3.8, 4) is 0 Å². The first-order valence-corrected chi connectivity index (χ1v) is 7.95. The third kappa shape index (κ3) is 5.37. The lowest BCUT2D eigenvalue weighted by molar-refractivity contribution is 0.185. The van der Waals surface area contributed by atoms with Crippen LogP contribution in [0.4, 0.5) is 5.69 Å². The molecule has 2 aromatic carbocycles. The van der Waals surface area contributed by atoms with E-state index in [4.69, 9.17) is 10.5 Å². The van der Waals surface area contributed by atoms with Gasteiger partial charge in [-0.25, -0.2) is 4.99 Å². The van der Waals surface area contributed by atoms with Crippen LogP contribution in [0.3, 0.4) is 0 Å². The third-order valence-electron chi connectivity index (χ3n) is 3.60. The summed E-state index contributed by atoms with van der Waals surface area (Å²) in [6, 6.07) is 16.2. The zero-order valence-corrected chi connectivity index (χ0v) is 14.6. The van der Waals surface area contributed by atoms with Crippen LogP contribution in [0.2, 0.25) is 0 Å². The quantitative estimate of drug-likeness (QED) is 0.607. The predicted molar refractivity (Wildman–Crippen MR) is 99.9 cm³/mol. The van der Waals surface area contributed by atoms with E-state index < -0.39 is 0 Å². The lowest BCUT2D eigenvalue weighted by Crippen LogP contribution is -2.23. The molecule has 0 saturated heterocycles. The summed E-state index contributed by atoms with van der Waals surface area (Å²) in [5.74, 6) is 0.401. The van der Waals surface area contributed by atoms with Crippen molar-refractivity contribution < 1.29 is 4.74 Å². The molecule has 0 aromatic heterocycles. The average molecular weight is 326 g/mol. The normalized spacial score (nSPS) is 11.8. The molecule has 2 rings (SSSR count). The van der Waals surface area contributed by atoms with Crippen LogP contribution < -0.4 is 11.1 Å². The van der Waals surface area contributed by atoms with Gasteiger partial charge in [0, 0.05) is 24.9 Å². The van der Waals surface area contributed by atoms with Crippen molar-refractivity contribution in [1.82, 2.24) is 4.90 Å². The Balaban J connectivity index is 2.07. The van der Waals surface area contributed by atoms with Gasteiger partial charge in [-0.2, -0.15) is 0 Å². The first-order chi connectivity index (χ1) is 11.6. The van der Waals surface area contributed by atoms with Gasteiger partial charge >= 0.3 is 0 Å². The Labute approximate surface area is 144 Å². The van der Waals surface area contributed by atoms with Gasteiger partial charge in [-0.05, 0) is 31.3 Å². The number of hydrogen-bond acceptors (Lipinski definition) is 3. The molecule has 0 amide bonds. The van der Waals surface area contributed by atoms with E-state index in [1.165, 1.54) is 11.1 Å². The van der Waals surface area contributed by atoms with Crippen molar-refractivity contribution in [2.24, 2.45) is 10.7 Å². The molecule has 5 heteroatoms. The number of rotatable bonds is 7. The number of anilines is 1. The van der Waals surface area contributed by atoms with E-state index in [2.05, 4.69) is 47.5 Å². The third-order valence-corrected chi connectivity index (χ3v) is 3.60. The fourth-order valence-corrected chi connectivity index (χ4v) is 2.48. The van der Waals surface area contributed by atoms with Crippen LogP contribution in [0, 0.1) is 0 Å². The molecule has 2 aromatic rings. The predicted octanol–water partition coefficient (Wildman–Crippen LogP) is 2.82. The van der Waals surface area contributed by atoms with E-state index in [0.29, 0.717) is 19.1 Å². The van der Waals surface area contributed by atoms with Crippen LogP contribution in [-0.4, -0.2) is 32.1 Å². The van der Waals surface area contributed by atoms with Gasteiger partial charge in [-0.1, -0.05) is 42.5 Å². The summed E-state index contributed by atoms with van der Waals surface area (Å²) in [7, 11) is 5.79. The summed E-state index contributed by atoms with van der Waals surface area (Å²) in [6.45, 7) is 1.97. The second-order valence-electron chi connectivity index (χ2n) is 5.92. The zero-order chi connectivity index (χ0) is 17.4. The lowest BCUT2D eigenvalue weighted by atomic mass is 10.1. The molecule has 0 heterocycles. The van der Waals surface area contributed by atoms with Crippen LogP contribution in [0.5, 0.6) is 0 Å². The summed E-state index contributed by atoms with van der Waals surface area (Å²) < 4.78 is 5.21. The summed E-state index contributed by atoms with van der Waals surface area (Å²) in [5.41, 5.74) is 10.5. The standard InChI is InChI=1S/C19H26N4O/c1-23(2)13-16-9-5-4-8-15(16)12-21-19(20)22-18-11-7-6-10-17(18)14-24-3/h4-11H,12-14H2,1-3H3,(H3,20,21,22). The average Bonchev–Trinajstić information content (AvgIpc) is 2.55. The van der Waals surface area contributed by atoms with E-state index in [0.717, 1.165) is 17.8 Å². The van der Waals surface area contributed by atoms with Crippen molar-refractivity contribution in [1.29, 1.82) is 0 Å². The highest BCUT2D eigenvalue weighted by atomic mass is 16.5. The van der Waals surface area contributed by atoms with Gasteiger partial charge in [0.15, 0.2) is 5.96 Å². The molecule has 0 unspecified atom stereocenters. The van der Waals surface area contributed by atoms with Crippen molar-refractivity contribution in [3.63, 3.8) is 0 Å². The number of hydrogen-bond donors (Lipinski definition) is 2. The van der Waals surface area contributed by atoms with Gasteiger partial charge in [0.05, 0.1) is 13.2 Å². The molecule has 0 aliphatic rings. The minimum atomic E-state index is 0.401. The Morgan fingerprint density at radius 3 is 2.33 bits per heavy atom. The highest BCUT2D eigenvalue weighted by Gasteiger charge is 2.04. The first-order valence-electron chi connectivity index (χ1n) is 7.95. The number of guanidine groups is 1. The molecule has 0 radical (unpaired) electrons. The van der Waals surface area contributed by atoms with Crippen LogP contribution in [0.15, 0.2) is 53.5 Å². The van der Waals surface area contributed by atoms with Crippen molar-refractivity contribution in [3.05, 3.63) is 65.2 Å². The van der Waals surface area contributed by atoms with E-state index in [9.17, 15) is 0 Å². The first kappa shape index (κ1) is 18.0. The molecule has 24 heavy (non-hydrogen) atoms. The Hall–Kier alpha value is -2.37. The summed E-state index contributed by atoms with van der Waals surface area (Å²) in [4.78, 5) is 6.63. The highest BCUT2D eigenvalue weighted by Crippen LogP contribution is 2.16. The monoisotopic (exact) mass is 326 g/mol. The molecule has 0 aliphatic heterocycles. The molecule has 3 N–H and O–H groups in total. The molecule has 0 bridgehead atoms. The largest absolute Gasteiger partial charge is 0.380 e. The second kappa shape index (κ2) is 9.05. The van der Waals surface area contributed by atoms with E-state index in [-0.39, 0.29) is 0 Å². The van der Waals surface area contributed by atoms with Gasteiger partial charge < -0.3 is 20.7 Å². The Kier molecular flexibility index (Phi) is 6.78. The van der Waals surface area contributed by atoms with E-state index >= 15 is 0 Å². The fourth-order valence-electron chi connectivity index (χ4n) is 2.48. The number of nitrogens with one attached hydrogen (secondary N) is 1. The van der Waals surface area contributed by atoms with Gasteiger partial charge in [0.2, 0.25) is 0 Å². The maximum Gasteiger partial charge on any atom is 0.193 e. The summed E-state index contributed by atoms with van der Waals surface area (Å²) in [6.07, 6.45) is 0. The van der Waals surface area contributed by atoms with Crippen LogP contribution in [0.1, 0.15) is 16.7 Å². The van der Waals surface area contributed by atoms with Gasteiger partial charge in [0.25, 0.3) is 0 Å². The number of benzene rings is 2. The molecule has 0 aliphatic carbocycles. The topological polar surface area (TPSA) is 62.9 Å². The molecule has 0 fully saturated rings. The number of nitrogens with zero attached hydrogens (tertiary/aromatic N) is 2. The minimum Gasteiger partial charge on any atom is -0.380 e. The maximum atomic E-state index is 6.06. The number of ether oxygens (including phenoxy) is 1. The van der Waals surface area contributed by atoms with Crippen molar-refractivity contribution >= 4 is 11.6 Å². The number of methoxy groups -OCH3 is 1. The summed E-state index contributed by atoms with van der Waals surface area (Å²) >= 11 is 0. The number of aliphatic imine (C=N–C) groups is 1. The summed E-state index contributed by atoms with van der Waals surface area (Å²) in [5, 5.41) is 3.16. The molecule has 128 valence electrons. The van der Waals surface area contributed by atoms with Crippen LogP contribution in [0.25, 0.3) is 0 Å². The van der Waals surface area contributed by atoms with Crippen LogP contribution in [-0.2, 0) is 24.4 Å². The molecule has 0 spiro atoms. The Morgan fingerprint density at radius 2 is 1.67 bits per heavy atom. The van der Waals surface area contributed by atoms with Crippen molar-refractivity contribution in [2.75, 3.05) is 26.5 Å². The van der Waals surface area contributed by atoms with Gasteiger partial charge in [-0.15, -0.1) is 0 Å². The molecule has 5 nitrogen and oxygen atoms in total. The van der Waals surface area contributed by atoms with Crippen molar-refractivity contribution in [2.45, 2.75) is 19.7 Å². The van der Waals surface area contributed by atoms with Crippen LogP contribution >= 0.6 is 0 Å². The van der Waals surface area contributed by atoms with E-state index in [1.807, 2.05) is 30.3 Å². The Morgan fingerprint density at radius 1 is 1.04 bits per heavy atom. The molecular formula is C19H26N4O. The number of nitrogens with two attached hydrogens (primary N) is 1. The second-order valence-corrected chi connectivity index (χ2v) is 5.92. The number of para-hydroxylation sites is 1. The SMILES string of the molecule is COCc1ccccc1NC(N)=NCc1ccccc1CN(C)C. The molecular weight excluding hydrogens is 300 g/mol. The highest BCUT2D eigenvalue weighted by molar-refractivity contribution is 5.92. The molecule has 0 saturated carbocycles. The van der Waals surface area contributed by atoms with Gasteiger partial charge in [0.1, 0.15) is 0 Å². The zero-order valence-electron chi connectivity index (χ0n) is 14.6. The fraction of sp³-hybridized carbons (Fsp3) is 0.316. The van der Waals surface area contributed by atoms with Gasteiger partial charge in [-0.3, -0.25) is 0 Å². The minimum absolute atomic E-state index is 0.401. The maximum absolute atomic E-state index is 6.06. The smallest absolute Gasteiger partial charge is 0.193 e.